The molecule has 0 radical (unpaired) electrons. The van der Waals surface area contributed by atoms with E-state index in [1.807, 2.05) is 30.3 Å². The van der Waals surface area contributed by atoms with Crippen LogP contribution in [0.15, 0.2) is 30.3 Å². The van der Waals surface area contributed by atoms with Gasteiger partial charge < -0.3 is 10.4 Å². The zero-order chi connectivity index (χ0) is 13.4. The van der Waals surface area contributed by atoms with Gasteiger partial charge in [-0.05, 0) is 24.4 Å². The van der Waals surface area contributed by atoms with E-state index in [0.29, 0.717) is 5.92 Å². The van der Waals surface area contributed by atoms with Crippen LogP contribution in [-0.4, -0.2) is 17.7 Å². The minimum Gasteiger partial charge on any atom is -0.387 e. The highest BCUT2D eigenvalue weighted by molar-refractivity contribution is 5.19. The number of unbranched alkanes of at least 4 members (excludes halogenated alkanes) is 2. The fraction of sp³-hybridized carbons (Fsp3) is 0.625. The quantitative estimate of drug-likeness (QED) is 0.691. The highest BCUT2D eigenvalue weighted by Crippen LogP contribution is 2.21. The molecule has 1 aromatic carbocycles. The fourth-order valence-electron chi connectivity index (χ4n) is 2.21. The van der Waals surface area contributed by atoms with Crippen molar-refractivity contribution in [3.63, 3.8) is 0 Å². The maximum absolute atomic E-state index is 10.4. The van der Waals surface area contributed by atoms with Crippen LogP contribution in [0.25, 0.3) is 0 Å². The van der Waals surface area contributed by atoms with Crippen LogP contribution in [0.1, 0.15) is 51.7 Å². The van der Waals surface area contributed by atoms with E-state index in [4.69, 9.17) is 0 Å². The minimum atomic E-state index is -0.423. The molecule has 18 heavy (non-hydrogen) atoms. The standard InChI is InChI=1S/C16H27NO/c1-4-5-9-12-17-15(13(2)3)16(18)14-10-7-6-8-11-14/h6-8,10-11,13,15-18H,4-5,9,12H2,1-3H3. The van der Waals surface area contributed by atoms with Crippen LogP contribution < -0.4 is 5.32 Å². The molecule has 1 aromatic rings. The first-order valence-electron chi connectivity index (χ1n) is 7.13. The lowest BCUT2D eigenvalue weighted by Gasteiger charge is -2.28. The lowest BCUT2D eigenvalue weighted by Crippen LogP contribution is -2.39. The highest BCUT2D eigenvalue weighted by Gasteiger charge is 2.22. The fourth-order valence-corrected chi connectivity index (χ4v) is 2.21. The van der Waals surface area contributed by atoms with E-state index in [1.54, 1.807) is 0 Å². The van der Waals surface area contributed by atoms with Crippen LogP contribution in [0.5, 0.6) is 0 Å². The maximum Gasteiger partial charge on any atom is 0.0945 e. The number of aliphatic hydroxyl groups excluding tert-OH is 1. The third kappa shape index (κ3) is 4.79. The van der Waals surface area contributed by atoms with E-state index < -0.39 is 6.10 Å². The average Bonchev–Trinajstić information content (AvgIpc) is 2.39. The molecular formula is C16H27NO. The van der Waals surface area contributed by atoms with Gasteiger partial charge >= 0.3 is 0 Å². The summed E-state index contributed by atoms with van der Waals surface area (Å²) in [6, 6.07) is 10.1. The van der Waals surface area contributed by atoms with Gasteiger partial charge in [-0.2, -0.15) is 0 Å². The van der Waals surface area contributed by atoms with Gasteiger partial charge in [0.25, 0.3) is 0 Å². The van der Waals surface area contributed by atoms with Crippen LogP contribution in [0.2, 0.25) is 0 Å². The monoisotopic (exact) mass is 249 g/mol. The molecule has 0 saturated heterocycles. The third-order valence-electron chi connectivity index (χ3n) is 3.36. The Balaban J connectivity index is 2.56. The first-order chi connectivity index (χ1) is 8.66. The van der Waals surface area contributed by atoms with Crippen molar-refractivity contribution in [2.45, 2.75) is 52.2 Å². The highest BCUT2D eigenvalue weighted by atomic mass is 16.3. The zero-order valence-electron chi connectivity index (χ0n) is 11.9. The molecule has 0 aromatic heterocycles. The van der Waals surface area contributed by atoms with Crippen molar-refractivity contribution in [2.75, 3.05) is 6.54 Å². The Bertz CT molecular complexity index is 310. The predicted octanol–water partition coefficient (Wildman–Crippen LogP) is 3.52. The topological polar surface area (TPSA) is 32.3 Å². The molecule has 0 fully saturated rings. The Labute approximate surface area is 111 Å². The molecule has 0 aliphatic rings. The summed E-state index contributed by atoms with van der Waals surface area (Å²) in [6.07, 6.45) is 3.24. The van der Waals surface area contributed by atoms with Gasteiger partial charge in [0.2, 0.25) is 0 Å². The first kappa shape index (κ1) is 15.2. The molecule has 0 heterocycles. The van der Waals surface area contributed by atoms with Crippen molar-refractivity contribution in [1.82, 2.24) is 5.32 Å². The van der Waals surface area contributed by atoms with Crippen LogP contribution in [0.3, 0.4) is 0 Å². The second-order valence-electron chi connectivity index (χ2n) is 5.29. The molecule has 2 unspecified atom stereocenters. The third-order valence-corrected chi connectivity index (χ3v) is 3.36. The summed E-state index contributed by atoms with van der Waals surface area (Å²) < 4.78 is 0. The molecule has 2 heteroatoms. The number of rotatable bonds is 8. The summed E-state index contributed by atoms with van der Waals surface area (Å²) in [5.41, 5.74) is 0.999. The SMILES string of the molecule is CCCCCNC(C(C)C)C(O)c1ccccc1. The summed E-state index contributed by atoms with van der Waals surface area (Å²) in [7, 11) is 0. The largest absolute Gasteiger partial charge is 0.387 e. The number of hydrogen-bond donors (Lipinski definition) is 2. The van der Waals surface area contributed by atoms with Gasteiger partial charge in [0.15, 0.2) is 0 Å². The van der Waals surface area contributed by atoms with Gasteiger partial charge in [-0.25, -0.2) is 0 Å². The van der Waals surface area contributed by atoms with Crippen molar-refractivity contribution >= 4 is 0 Å². The summed E-state index contributed by atoms with van der Waals surface area (Å²) in [6.45, 7) is 7.51. The zero-order valence-corrected chi connectivity index (χ0v) is 11.9. The van der Waals surface area contributed by atoms with Crippen molar-refractivity contribution in [3.8, 4) is 0 Å². The molecule has 2 nitrogen and oxygen atoms in total. The molecular weight excluding hydrogens is 222 g/mol. The van der Waals surface area contributed by atoms with E-state index in [0.717, 1.165) is 12.1 Å². The van der Waals surface area contributed by atoms with E-state index in [-0.39, 0.29) is 6.04 Å². The summed E-state index contributed by atoms with van der Waals surface area (Å²) in [5, 5.41) is 13.9. The number of aliphatic hydroxyl groups is 1. The lowest BCUT2D eigenvalue weighted by atomic mass is 9.93. The van der Waals surface area contributed by atoms with Crippen LogP contribution >= 0.6 is 0 Å². The number of hydrogen-bond acceptors (Lipinski definition) is 2. The molecule has 0 aliphatic heterocycles. The van der Waals surface area contributed by atoms with Gasteiger partial charge in [-0.1, -0.05) is 63.9 Å². The Morgan fingerprint density at radius 2 is 1.78 bits per heavy atom. The number of nitrogens with one attached hydrogen (secondary N) is 1. The maximum atomic E-state index is 10.4. The molecule has 0 spiro atoms. The van der Waals surface area contributed by atoms with Gasteiger partial charge in [0.05, 0.1) is 6.10 Å². The average molecular weight is 249 g/mol. The van der Waals surface area contributed by atoms with E-state index in [2.05, 4.69) is 26.1 Å². The summed E-state index contributed by atoms with van der Waals surface area (Å²) >= 11 is 0. The number of benzene rings is 1. The van der Waals surface area contributed by atoms with Gasteiger partial charge in [-0.3, -0.25) is 0 Å². The van der Waals surface area contributed by atoms with E-state index in [1.165, 1.54) is 19.3 Å². The van der Waals surface area contributed by atoms with Gasteiger partial charge in [-0.15, -0.1) is 0 Å². The van der Waals surface area contributed by atoms with E-state index >= 15 is 0 Å². The minimum absolute atomic E-state index is 0.129. The Morgan fingerprint density at radius 3 is 2.33 bits per heavy atom. The van der Waals surface area contributed by atoms with Gasteiger partial charge in [0.1, 0.15) is 0 Å². The molecule has 2 N–H and O–H groups in total. The Kier molecular flexibility index (Phi) is 6.99. The first-order valence-corrected chi connectivity index (χ1v) is 7.13. The van der Waals surface area contributed by atoms with Crippen molar-refractivity contribution in [3.05, 3.63) is 35.9 Å². The smallest absolute Gasteiger partial charge is 0.0945 e. The second-order valence-corrected chi connectivity index (χ2v) is 5.29. The van der Waals surface area contributed by atoms with Crippen LogP contribution in [0.4, 0.5) is 0 Å². The summed E-state index contributed by atoms with van der Waals surface area (Å²) in [5.74, 6) is 0.418. The van der Waals surface area contributed by atoms with Crippen LogP contribution in [0, 0.1) is 5.92 Å². The molecule has 1 rings (SSSR count). The molecule has 0 amide bonds. The normalized spacial score (nSPS) is 14.7. The van der Waals surface area contributed by atoms with E-state index in [9.17, 15) is 5.11 Å². The van der Waals surface area contributed by atoms with Crippen LogP contribution in [-0.2, 0) is 0 Å². The molecule has 102 valence electrons. The Hall–Kier alpha value is -0.860. The molecule has 0 bridgehead atoms. The summed E-state index contributed by atoms with van der Waals surface area (Å²) in [4.78, 5) is 0. The molecule has 2 atom stereocenters. The second kappa shape index (κ2) is 8.28. The van der Waals surface area contributed by atoms with Crippen molar-refractivity contribution < 1.29 is 5.11 Å². The predicted molar refractivity (Wildman–Crippen MR) is 77.6 cm³/mol. The Morgan fingerprint density at radius 1 is 1.11 bits per heavy atom. The van der Waals surface area contributed by atoms with Crippen molar-refractivity contribution in [2.24, 2.45) is 5.92 Å². The van der Waals surface area contributed by atoms with Crippen molar-refractivity contribution in [1.29, 1.82) is 0 Å². The lowest BCUT2D eigenvalue weighted by molar-refractivity contribution is 0.105. The molecule has 0 aliphatic carbocycles. The molecule has 0 saturated carbocycles. The van der Waals surface area contributed by atoms with Gasteiger partial charge in [0, 0.05) is 6.04 Å².